The molecule has 158 valence electrons. The molecule has 1 aliphatic heterocycles. The number of benzene rings is 1. The first-order chi connectivity index (χ1) is 14.9. The van der Waals surface area contributed by atoms with E-state index < -0.39 is 11.9 Å². The summed E-state index contributed by atoms with van der Waals surface area (Å²) in [7, 11) is 1.25. The van der Waals surface area contributed by atoms with Crippen molar-refractivity contribution >= 4 is 17.6 Å². The van der Waals surface area contributed by atoms with Gasteiger partial charge < -0.3 is 19.8 Å². The van der Waals surface area contributed by atoms with Gasteiger partial charge in [-0.15, -0.1) is 0 Å². The summed E-state index contributed by atoms with van der Waals surface area (Å²) in [4.78, 5) is 30.6. The van der Waals surface area contributed by atoms with Gasteiger partial charge in [0.1, 0.15) is 11.3 Å². The largest absolute Gasteiger partial charge is 0.465 e. The highest BCUT2D eigenvalue weighted by Crippen LogP contribution is 2.41. The molecule has 2 N–H and O–H groups in total. The molecule has 0 bridgehead atoms. The van der Waals surface area contributed by atoms with E-state index in [4.69, 9.17) is 26.8 Å². The van der Waals surface area contributed by atoms with Gasteiger partial charge in [-0.05, 0) is 36.8 Å². The summed E-state index contributed by atoms with van der Waals surface area (Å²) < 4.78 is 12.2. The maximum Gasteiger partial charge on any atom is 0.340 e. The number of pyridine rings is 2. The van der Waals surface area contributed by atoms with Crippen LogP contribution < -0.4 is 16.0 Å². The number of rotatable bonds is 4. The number of fused-ring (bicyclic) bond motifs is 1. The quantitative estimate of drug-likeness (QED) is 0.630. The van der Waals surface area contributed by atoms with Gasteiger partial charge in [-0.1, -0.05) is 29.8 Å². The van der Waals surface area contributed by atoms with Gasteiger partial charge in [-0.25, -0.2) is 4.79 Å². The summed E-state index contributed by atoms with van der Waals surface area (Å²) in [5, 5.41) is 0.467. The Bertz CT molecular complexity index is 1250. The third-order valence-corrected chi connectivity index (χ3v) is 5.44. The molecule has 3 aromatic rings. The lowest BCUT2D eigenvalue weighted by Gasteiger charge is -2.29. The summed E-state index contributed by atoms with van der Waals surface area (Å²) in [5.41, 5.74) is 8.18. The fourth-order valence-corrected chi connectivity index (χ4v) is 3.96. The van der Waals surface area contributed by atoms with Crippen LogP contribution in [0.4, 0.5) is 0 Å². The molecular formula is C23H20ClN3O4. The van der Waals surface area contributed by atoms with Gasteiger partial charge >= 0.3 is 5.97 Å². The van der Waals surface area contributed by atoms with Gasteiger partial charge in [-0.3, -0.25) is 9.78 Å². The average molecular weight is 438 g/mol. The maximum atomic E-state index is 13.7. The molecule has 0 spiro atoms. The molecule has 0 saturated heterocycles. The van der Waals surface area contributed by atoms with Crippen molar-refractivity contribution in [3.05, 3.63) is 104 Å². The molecule has 2 aromatic heterocycles. The van der Waals surface area contributed by atoms with E-state index in [0.29, 0.717) is 27.6 Å². The van der Waals surface area contributed by atoms with Crippen LogP contribution in [-0.4, -0.2) is 22.6 Å². The number of nitrogens with zero attached hydrogens (tertiary/aromatic N) is 2. The Balaban J connectivity index is 1.96. The molecule has 8 heteroatoms. The third kappa shape index (κ3) is 3.80. The highest BCUT2D eigenvalue weighted by molar-refractivity contribution is 6.30. The first kappa shape index (κ1) is 20.7. The number of carbonyl (C=O) groups is 1. The zero-order valence-electron chi connectivity index (χ0n) is 17.0. The van der Waals surface area contributed by atoms with Crippen molar-refractivity contribution in [3.8, 4) is 5.75 Å². The fourth-order valence-electron chi connectivity index (χ4n) is 3.76. The molecule has 0 saturated carbocycles. The molecule has 7 nitrogen and oxygen atoms in total. The van der Waals surface area contributed by atoms with Crippen LogP contribution in [0.1, 0.15) is 28.4 Å². The Kier molecular flexibility index (Phi) is 5.52. The van der Waals surface area contributed by atoms with Crippen molar-refractivity contribution in [1.29, 1.82) is 0 Å². The number of esters is 1. The van der Waals surface area contributed by atoms with E-state index in [0.717, 1.165) is 5.69 Å². The molecule has 0 amide bonds. The van der Waals surface area contributed by atoms with Crippen LogP contribution in [0.25, 0.3) is 0 Å². The molecule has 31 heavy (non-hydrogen) atoms. The second-order valence-corrected chi connectivity index (χ2v) is 7.57. The lowest BCUT2D eigenvalue weighted by atomic mass is 9.83. The number of nitrogens with two attached hydrogens (primary N) is 1. The van der Waals surface area contributed by atoms with Gasteiger partial charge in [0, 0.05) is 23.0 Å². The van der Waals surface area contributed by atoms with E-state index >= 15 is 0 Å². The number of methoxy groups -OCH3 is 1. The van der Waals surface area contributed by atoms with Crippen LogP contribution in [-0.2, 0) is 16.1 Å². The number of ether oxygens (including phenoxy) is 2. The number of hydrogen-bond acceptors (Lipinski definition) is 6. The first-order valence-electron chi connectivity index (χ1n) is 9.56. The van der Waals surface area contributed by atoms with E-state index in [2.05, 4.69) is 4.98 Å². The minimum atomic E-state index is -0.794. The van der Waals surface area contributed by atoms with Crippen LogP contribution in [0, 0.1) is 6.92 Å². The van der Waals surface area contributed by atoms with Crippen molar-refractivity contribution in [2.45, 2.75) is 19.4 Å². The molecule has 3 heterocycles. The van der Waals surface area contributed by atoms with Gasteiger partial charge in [0.2, 0.25) is 5.88 Å². The molecule has 1 unspecified atom stereocenters. The predicted molar refractivity (Wildman–Crippen MR) is 116 cm³/mol. The maximum absolute atomic E-state index is 13.7. The van der Waals surface area contributed by atoms with Crippen molar-refractivity contribution in [3.63, 3.8) is 0 Å². The number of halogens is 1. The zero-order chi connectivity index (χ0) is 22.1. The Morgan fingerprint density at radius 1 is 1.26 bits per heavy atom. The minimum absolute atomic E-state index is 0.0580. The normalized spacial score (nSPS) is 15.3. The number of hydrogen-bond donors (Lipinski definition) is 1. The lowest BCUT2D eigenvalue weighted by molar-refractivity contribution is -0.136. The van der Waals surface area contributed by atoms with E-state index in [-0.39, 0.29) is 23.6 Å². The molecule has 1 atom stereocenters. The van der Waals surface area contributed by atoms with Crippen LogP contribution in [0.15, 0.2) is 71.0 Å². The number of aromatic nitrogens is 2. The summed E-state index contributed by atoms with van der Waals surface area (Å²) in [6, 6.07) is 14.2. The van der Waals surface area contributed by atoms with Crippen LogP contribution in [0.2, 0.25) is 5.02 Å². The summed E-state index contributed by atoms with van der Waals surface area (Å²) in [6.07, 6.45) is 1.67. The van der Waals surface area contributed by atoms with Gasteiger partial charge in [0.15, 0.2) is 0 Å². The van der Waals surface area contributed by atoms with Crippen LogP contribution in [0.3, 0.4) is 0 Å². The van der Waals surface area contributed by atoms with E-state index in [1.807, 2.05) is 18.2 Å². The Hall–Kier alpha value is -3.58. The average Bonchev–Trinajstić information content (AvgIpc) is 2.76. The SMILES string of the molecule is COC(=O)C1=C(N)Oc2cc(C)n(Cc3ccccn3)c(=O)c2C1c1cccc(Cl)c1. The number of carbonyl (C=O) groups excluding carboxylic acids is 1. The minimum Gasteiger partial charge on any atom is -0.465 e. The van der Waals surface area contributed by atoms with Crippen molar-refractivity contribution in [2.75, 3.05) is 7.11 Å². The molecule has 1 aromatic carbocycles. The molecule has 0 aliphatic carbocycles. The molecule has 1 aliphatic rings. The van der Waals surface area contributed by atoms with Crippen molar-refractivity contribution in [1.82, 2.24) is 9.55 Å². The first-order valence-corrected chi connectivity index (χ1v) is 9.94. The van der Waals surface area contributed by atoms with Crippen molar-refractivity contribution < 1.29 is 14.3 Å². The summed E-state index contributed by atoms with van der Waals surface area (Å²) in [6.45, 7) is 2.08. The van der Waals surface area contributed by atoms with Crippen LogP contribution >= 0.6 is 11.6 Å². The second kappa shape index (κ2) is 8.28. The third-order valence-electron chi connectivity index (χ3n) is 5.20. The lowest BCUT2D eigenvalue weighted by Crippen LogP contribution is -2.35. The predicted octanol–water partition coefficient (Wildman–Crippen LogP) is 3.12. The Morgan fingerprint density at radius 2 is 2.06 bits per heavy atom. The van der Waals surface area contributed by atoms with E-state index in [1.165, 1.54) is 7.11 Å². The van der Waals surface area contributed by atoms with Crippen molar-refractivity contribution in [2.24, 2.45) is 5.73 Å². The highest BCUT2D eigenvalue weighted by atomic mass is 35.5. The summed E-state index contributed by atoms with van der Waals surface area (Å²) in [5.74, 6) is -1.28. The smallest absolute Gasteiger partial charge is 0.340 e. The molecular weight excluding hydrogens is 418 g/mol. The monoisotopic (exact) mass is 437 g/mol. The highest BCUT2D eigenvalue weighted by Gasteiger charge is 2.38. The van der Waals surface area contributed by atoms with Crippen LogP contribution in [0.5, 0.6) is 5.75 Å². The van der Waals surface area contributed by atoms with E-state index in [9.17, 15) is 9.59 Å². The van der Waals surface area contributed by atoms with Gasteiger partial charge in [0.05, 0.1) is 30.8 Å². The Labute approximate surface area is 183 Å². The Morgan fingerprint density at radius 3 is 2.74 bits per heavy atom. The zero-order valence-corrected chi connectivity index (χ0v) is 17.7. The van der Waals surface area contributed by atoms with Gasteiger partial charge in [0.25, 0.3) is 5.56 Å². The second-order valence-electron chi connectivity index (χ2n) is 7.14. The summed E-state index contributed by atoms with van der Waals surface area (Å²) >= 11 is 6.21. The molecule has 0 fully saturated rings. The number of aryl methyl sites for hydroxylation is 1. The topological polar surface area (TPSA) is 96.4 Å². The van der Waals surface area contributed by atoms with E-state index in [1.54, 1.807) is 48.0 Å². The molecule has 0 radical (unpaired) electrons. The van der Waals surface area contributed by atoms with Gasteiger partial charge in [-0.2, -0.15) is 0 Å². The fraction of sp³-hybridized carbons (Fsp3) is 0.174. The molecule has 4 rings (SSSR count). The standard InChI is InChI=1S/C23H20ClN3O4/c1-13-10-17-19(22(28)27(13)12-16-8-3-4-9-26-16)18(14-6-5-7-15(24)11-14)20(21(25)31-17)23(29)30-2/h3-11,18H,12,25H2,1-2H3.